The van der Waals surface area contributed by atoms with E-state index in [1.807, 2.05) is 78.6 Å². The topological polar surface area (TPSA) is 109 Å². The first-order valence-corrected chi connectivity index (χ1v) is 26.1. The summed E-state index contributed by atoms with van der Waals surface area (Å²) in [5, 5.41) is 0. The number of rotatable bonds is 11. The summed E-state index contributed by atoms with van der Waals surface area (Å²) in [5.74, 6) is 0. The van der Waals surface area contributed by atoms with Crippen molar-refractivity contribution in [2.24, 2.45) is 10.7 Å². The lowest BCUT2D eigenvalue weighted by molar-refractivity contribution is 0.352. The summed E-state index contributed by atoms with van der Waals surface area (Å²) in [6, 6.07) is 0. The van der Waals surface area contributed by atoms with E-state index in [9.17, 15) is 9.13 Å². The molecule has 14 heteroatoms. The van der Waals surface area contributed by atoms with Crippen LogP contribution in [0.25, 0.3) is 0 Å². The quantitative estimate of drug-likeness (QED) is 0.157. The van der Waals surface area contributed by atoms with Crippen LogP contribution in [-0.2, 0) is 26.0 Å². The van der Waals surface area contributed by atoms with Gasteiger partial charge in [-0.1, -0.05) is 0 Å². The third kappa shape index (κ3) is 11.1. The van der Waals surface area contributed by atoms with Crippen molar-refractivity contribution < 1.29 is 26.0 Å². The van der Waals surface area contributed by atoms with Gasteiger partial charge in [-0.25, -0.2) is 4.99 Å². The molecule has 8 nitrogen and oxygen atoms in total. The average molecular weight is 507 g/mol. The molecule has 0 saturated carbocycles. The highest BCUT2D eigenvalue weighted by Crippen LogP contribution is 2.73. The number of nitrogens with two attached hydrogens (primary N) is 1. The lowest BCUT2D eigenvalue weighted by Gasteiger charge is -2.39. The molecule has 28 heavy (non-hydrogen) atoms. The minimum Gasteiger partial charge on any atom is -0.390 e. The van der Waals surface area contributed by atoms with E-state index in [0.717, 1.165) is 6.34 Å². The summed E-state index contributed by atoms with van der Waals surface area (Å²) in [7, 11) is -17.5. The zero-order chi connectivity index (χ0) is 22.8. The number of hydrogen-bond donors (Lipinski definition) is 1. The fourth-order valence-corrected chi connectivity index (χ4v) is 20.4. The van der Waals surface area contributed by atoms with Gasteiger partial charge in [-0.15, -0.1) is 0 Å². The van der Waals surface area contributed by atoms with E-state index in [-0.39, 0.29) is 0 Å². The Labute approximate surface area is 175 Å². The second kappa shape index (κ2) is 9.42. The molecule has 0 bridgehead atoms. The van der Waals surface area contributed by atoms with Crippen LogP contribution in [0, 0.1) is 0 Å². The third-order valence-electron chi connectivity index (χ3n) is 2.39. The summed E-state index contributed by atoms with van der Waals surface area (Å²) in [4.78, 5) is 4.12. The van der Waals surface area contributed by atoms with Crippen LogP contribution in [0.5, 0.6) is 0 Å². The SMILES string of the molecule is C[Si](C)(C)OP(=O)(O[Si](C)(C)C)C(/N=C/N)P(=O)(O[Si](C)(C)C)O[Si](C)(C)C. The molecule has 0 aliphatic rings. The molecule has 0 spiro atoms. The fraction of sp³-hybridized carbons (Fsp3) is 0.929. The number of hydrogen-bond acceptors (Lipinski definition) is 7. The zero-order valence-corrected chi connectivity index (χ0v) is 25.3. The van der Waals surface area contributed by atoms with Gasteiger partial charge in [0.25, 0.3) is 0 Å². The minimum absolute atomic E-state index is 0.978. The van der Waals surface area contributed by atoms with Crippen molar-refractivity contribution in [1.29, 1.82) is 0 Å². The highest BCUT2D eigenvalue weighted by Gasteiger charge is 2.56. The monoisotopic (exact) mass is 506 g/mol. The van der Waals surface area contributed by atoms with Crippen molar-refractivity contribution in [3.63, 3.8) is 0 Å². The molecule has 0 unspecified atom stereocenters. The Morgan fingerprint density at radius 3 is 1.00 bits per heavy atom. The lowest BCUT2D eigenvalue weighted by atomic mass is 11.2. The molecule has 0 atom stereocenters. The summed E-state index contributed by atoms with van der Waals surface area (Å²) >= 11 is 0. The molecule has 0 heterocycles. The molecule has 0 saturated heterocycles. The van der Waals surface area contributed by atoms with E-state index in [2.05, 4.69) is 4.99 Å². The Kier molecular flexibility index (Phi) is 9.63. The highest BCUT2D eigenvalue weighted by molar-refractivity contribution is 7.75. The van der Waals surface area contributed by atoms with Crippen LogP contribution in [0.3, 0.4) is 0 Å². The fourth-order valence-electron chi connectivity index (χ4n) is 2.17. The zero-order valence-electron chi connectivity index (χ0n) is 19.5. The first kappa shape index (κ1) is 28.6. The normalized spacial score (nSPS) is 15.6. The first-order chi connectivity index (χ1) is 12.0. The maximum Gasteiger partial charge on any atom is 0.348 e. The lowest BCUT2D eigenvalue weighted by Crippen LogP contribution is -2.37. The second-order valence-corrected chi connectivity index (χ2v) is 33.9. The summed E-state index contributed by atoms with van der Waals surface area (Å²) in [5.41, 5.74) is 4.12. The Morgan fingerprint density at radius 1 is 0.643 bits per heavy atom. The molecule has 0 fully saturated rings. The molecule has 0 aliphatic heterocycles. The summed E-state index contributed by atoms with van der Waals surface area (Å²) in [6.45, 7) is 22.7. The maximum absolute atomic E-state index is 14.1. The smallest absolute Gasteiger partial charge is 0.348 e. The van der Waals surface area contributed by atoms with E-state index in [1.165, 1.54) is 0 Å². The van der Waals surface area contributed by atoms with Crippen LogP contribution < -0.4 is 5.73 Å². The Morgan fingerprint density at radius 2 is 0.857 bits per heavy atom. The molecule has 0 aliphatic carbocycles. The van der Waals surface area contributed by atoms with Gasteiger partial charge in [-0.05, 0) is 78.6 Å². The van der Waals surface area contributed by atoms with Crippen molar-refractivity contribution in [2.75, 3.05) is 0 Å². The summed E-state index contributed by atoms with van der Waals surface area (Å²) < 4.78 is 52.3. The van der Waals surface area contributed by atoms with Crippen molar-refractivity contribution in [1.82, 2.24) is 0 Å². The van der Waals surface area contributed by atoms with Gasteiger partial charge in [0.2, 0.25) is 5.52 Å². The van der Waals surface area contributed by atoms with Crippen molar-refractivity contribution in [3.05, 3.63) is 0 Å². The molecule has 0 aromatic heterocycles. The third-order valence-corrected chi connectivity index (χ3v) is 18.3. The van der Waals surface area contributed by atoms with E-state index in [1.54, 1.807) is 0 Å². The van der Waals surface area contributed by atoms with Gasteiger partial charge in [0.05, 0.1) is 6.34 Å². The average Bonchev–Trinajstić information content (AvgIpc) is 2.24. The van der Waals surface area contributed by atoms with Crippen LogP contribution in [0.2, 0.25) is 78.6 Å². The van der Waals surface area contributed by atoms with Crippen LogP contribution >= 0.6 is 15.2 Å². The molecule has 0 aromatic rings. The predicted molar refractivity (Wildman–Crippen MR) is 129 cm³/mol. The molecule has 0 rings (SSSR count). The number of nitrogens with zero attached hydrogens (tertiary/aromatic N) is 1. The van der Waals surface area contributed by atoms with Gasteiger partial charge in [-0.3, -0.25) is 9.13 Å². The molecule has 0 amide bonds. The van der Waals surface area contributed by atoms with Gasteiger partial charge in [-0.2, -0.15) is 0 Å². The number of aliphatic imine (C=N–C) groups is 1. The predicted octanol–water partition coefficient (Wildman–Crippen LogP) is 6.05. The van der Waals surface area contributed by atoms with Crippen LogP contribution in [0.4, 0.5) is 0 Å². The standard InChI is InChI=1S/C14H40N2O6P2Si4/c1-25(2,3)19-23(17,20-26(4,5)6)14(16-13-15)24(18,21-27(7,8)9)22-28(10,11)12/h13-14H,1-12H3,(H2,15,16). The van der Waals surface area contributed by atoms with E-state index in [0.29, 0.717) is 0 Å². The van der Waals surface area contributed by atoms with Gasteiger partial charge in [0.1, 0.15) is 0 Å². The molecule has 0 radical (unpaired) electrons. The van der Waals surface area contributed by atoms with E-state index < -0.39 is 54.0 Å². The Bertz CT molecular complexity index is 560. The maximum atomic E-state index is 14.1. The highest BCUT2D eigenvalue weighted by atomic mass is 31.2. The van der Waals surface area contributed by atoms with Gasteiger partial charge < -0.3 is 22.6 Å². The van der Waals surface area contributed by atoms with E-state index >= 15 is 0 Å². The van der Waals surface area contributed by atoms with Gasteiger partial charge in [0, 0.05) is 0 Å². The minimum atomic E-state index is -4.01. The van der Waals surface area contributed by atoms with Crippen LogP contribution in [0.1, 0.15) is 0 Å². The van der Waals surface area contributed by atoms with Gasteiger partial charge in [0.15, 0.2) is 33.3 Å². The van der Waals surface area contributed by atoms with Crippen molar-refractivity contribution in [2.45, 2.75) is 84.1 Å². The molecule has 0 aromatic carbocycles. The molecular weight excluding hydrogens is 466 g/mol. The van der Waals surface area contributed by atoms with E-state index in [4.69, 9.17) is 22.6 Å². The second-order valence-electron chi connectivity index (χ2n) is 10.5. The molecule has 168 valence electrons. The van der Waals surface area contributed by atoms with Crippen molar-refractivity contribution >= 4 is 54.8 Å². The molecule has 2 N–H and O–H groups in total. The Hall–Kier alpha value is 0.638. The first-order valence-electron chi connectivity index (χ1n) is 9.28. The summed E-state index contributed by atoms with van der Waals surface area (Å²) in [6.07, 6.45) is 0.978. The van der Waals surface area contributed by atoms with Crippen LogP contribution in [-0.4, -0.2) is 45.1 Å². The van der Waals surface area contributed by atoms with Crippen molar-refractivity contribution in [3.8, 4) is 0 Å². The Balaban J connectivity index is 6.69. The van der Waals surface area contributed by atoms with Gasteiger partial charge >= 0.3 is 15.2 Å². The van der Waals surface area contributed by atoms with Crippen LogP contribution in [0.15, 0.2) is 4.99 Å². The molecular formula is C14H40N2O6P2Si4. The largest absolute Gasteiger partial charge is 0.390 e.